The van der Waals surface area contributed by atoms with Gasteiger partial charge < -0.3 is 4.90 Å². The number of hydrogen-bond donors (Lipinski definition) is 0. The molecule has 1 saturated heterocycles. The van der Waals surface area contributed by atoms with Gasteiger partial charge in [-0.25, -0.2) is 12.8 Å². The molecule has 1 fully saturated rings. The predicted octanol–water partition coefficient (Wildman–Crippen LogP) is 1.41. The van der Waals surface area contributed by atoms with E-state index < -0.39 is 36.6 Å². The van der Waals surface area contributed by atoms with Crippen LogP contribution in [0.1, 0.15) is 6.42 Å². The highest BCUT2D eigenvalue weighted by Crippen LogP contribution is 2.33. The smallest absolute Gasteiger partial charge is 0.295 e. The van der Waals surface area contributed by atoms with E-state index in [1.165, 1.54) is 0 Å². The number of rotatable bonds is 3. The molecule has 1 aromatic carbocycles. The monoisotopic (exact) mass is 322 g/mol. The summed E-state index contributed by atoms with van der Waals surface area (Å²) in [5.74, 6) is -1.44. The number of carbonyl (C=O) groups is 1. The Morgan fingerprint density at radius 2 is 2.10 bits per heavy atom. The molecular formula is C10H8ClFN2O5S. The first-order valence-electron chi connectivity index (χ1n) is 5.38. The fourth-order valence-corrected chi connectivity index (χ4v) is 2.99. The summed E-state index contributed by atoms with van der Waals surface area (Å²) in [6.45, 7) is -0.295. The van der Waals surface area contributed by atoms with Gasteiger partial charge in [-0.15, -0.1) is 0 Å². The highest BCUT2D eigenvalue weighted by atomic mass is 35.7. The van der Waals surface area contributed by atoms with Crippen molar-refractivity contribution in [3.8, 4) is 0 Å². The molecular weight excluding hydrogens is 315 g/mol. The summed E-state index contributed by atoms with van der Waals surface area (Å²) >= 11 is 0. The lowest BCUT2D eigenvalue weighted by molar-refractivity contribution is -0.384. The minimum absolute atomic E-state index is 0.149. The summed E-state index contributed by atoms with van der Waals surface area (Å²) < 4.78 is 35.5. The number of carbonyl (C=O) groups excluding carboxylic acids is 1. The van der Waals surface area contributed by atoms with E-state index in [0.717, 1.165) is 17.0 Å². The molecule has 20 heavy (non-hydrogen) atoms. The van der Waals surface area contributed by atoms with Crippen LogP contribution >= 0.6 is 10.7 Å². The SMILES string of the molecule is O=C1CC(S(=O)(=O)Cl)CN1c1ccc(F)cc1[N+](=O)[O-]. The van der Waals surface area contributed by atoms with Crippen molar-refractivity contribution in [1.82, 2.24) is 0 Å². The summed E-state index contributed by atoms with van der Waals surface area (Å²) in [6.07, 6.45) is -0.361. The van der Waals surface area contributed by atoms with Crippen molar-refractivity contribution in [3.05, 3.63) is 34.1 Å². The highest BCUT2D eigenvalue weighted by molar-refractivity contribution is 8.14. The first-order valence-corrected chi connectivity index (χ1v) is 7.75. The van der Waals surface area contributed by atoms with Crippen molar-refractivity contribution >= 4 is 37.0 Å². The molecule has 1 amide bonds. The van der Waals surface area contributed by atoms with Gasteiger partial charge in [-0.1, -0.05) is 0 Å². The molecule has 1 atom stereocenters. The van der Waals surface area contributed by atoms with Crippen LogP contribution in [0.4, 0.5) is 15.8 Å². The lowest BCUT2D eigenvalue weighted by atomic mass is 10.2. The van der Waals surface area contributed by atoms with Crippen LogP contribution in [0, 0.1) is 15.9 Å². The molecule has 7 nitrogen and oxygen atoms in total. The van der Waals surface area contributed by atoms with E-state index in [4.69, 9.17) is 10.7 Å². The molecule has 0 aromatic heterocycles. The van der Waals surface area contributed by atoms with Crippen LogP contribution in [0.2, 0.25) is 0 Å². The van der Waals surface area contributed by atoms with Crippen LogP contribution in [0.25, 0.3) is 0 Å². The van der Waals surface area contributed by atoms with Gasteiger partial charge in [0.1, 0.15) is 16.8 Å². The lowest BCUT2D eigenvalue weighted by Gasteiger charge is -2.16. The standard InChI is InChI=1S/C10H8ClFN2O5S/c11-20(18,19)7-4-10(15)13(5-7)8-2-1-6(12)3-9(8)14(16)17/h1-3,7H,4-5H2. The van der Waals surface area contributed by atoms with Gasteiger partial charge in [-0.2, -0.15) is 0 Å². The Bertz CT molecular complexity index is 693. The Balaban J connectivity index is 2.43. The number of halogens is 2. The first-order chi connectivity index (χ1) is 9.20. The molecule has 1 aliphatic rings. The van der Waals surface area contributed by atoms with Gasteiger partial charge in [0.15, 0.2) is 0 Å². The second-order valence-corrected chi connectivity index (χ2v) is 7.10. The number of nitro groups is 1. The molecule has 10 heteroatoms. The van der Waals surface area contributed by atoms with Crippen LogP contribution in [0.5, 0.6) is 0 Å². The molecule has 1 unspecified atom stereocenters. The Hall–Kier alpha value is -1.74. The van der Waals surface area contributed by atoms with Crippen molar-refractivity contribution in [3.63, 3.8) is 0 Å². The molecule has 0 N–H and O–H groups in total. The van der Waals surface area contributed by atoms with E-state index in [9.17, 15) is 27.7 Å². The van der Waals surface area contributed by atoms with Crippen molar-refractivity contribution in [1.29, 1.82) is 0 Å². The van der Waals surface area contributed by atoms with Gasteiger partial charge in [-0.05, 0) is 12.1 Å². The Kier molecular flexibility index (Phi) is 3.65. The zero-order chi connectivity index (χ0) is 15.1. The van der Waals surface area contributed by atoms with Gasteiger partial charge in [0.05, 0.1) is 11.0 Å². The fraction of sp³-hybridized carbons (Fsp3) is 0.300. The summed E-state index contributed by atoms with van der Waals surface area (Å²) in [6, 6.07) is 2.69. The molecule has 1 aliphatic heterocycles. The van der Waals surface area contributed by atoms with E-state index >= 15 is 0 Å². The summed E-state index contributed by atoms with van der Waals surface area (Å²) in [7, 11) is 1.23. The Labute approximate surface area is 117 Å². The van der Waals surface area contributed by atoms with Gasteiger partial charge in [0.2, 0.25) is 15.0 Å². The second-order valence-electron chi connectivity index (χ2n) is 4.20. The zero-order valence-electron chi connectivity index (χ0n) is 9.82. The normalized spacial score (nSPS) is 19.4. The fourth-order valence-electron chi connectivity index (χ4n) is 1.97. The minimum Gasteiger partial charge on any atom is -0.305 e. The van der Waals surface area contributed by atoms with E-state index in [1.54, 1.807) is 0 Å². The first kappa shape index (κ1) is 14.7. The average molecular weight is 323 g/mol. The molecule has 2 rings (SSSR count). The van der Waals surface area contributed by atoms with Gasteiger partial charge >= 0.3 is 0 Å². The van der Waals surface area contributed by atoms with E-state index in [1.807, 2.05) is 0 Å². The topological polar surface area (TPSA) is 97.6 Å². The van der Waals surface area contributed by atoms with Crippen molar-refractivity contribution < 1.29 is 22.5 Å². The Morgan fingerprint density at radius 1 is 1.45 bits per heavy atom. The van der Waals surface area contributed by atoms with Crippen LogP contribution in [0.15, 0.2) is 18.2 Å². The molecule has 0 radical (unpaired) electrons. The second kappa shape index (κ2) is 4.98. The molecule has 108 valence electrons. The Morgan fingerprint density at radius 3 is 2.60 bits per heavy atom. The molecule has 0 aliphatic carbocycles. The lowest BCUT2D eigenvalue weighted by Crippen LogP contribution is -2.27. The van der Waals surface area contributed by atoms with Gasteiger partial charge in [0.25, 0.3) is 5.69 Å². The van der Waals surface area contributed by atoms with E-state index in [0.29, 0.717) is 6.07 Å². The zero-order valence-corrected chi connectivity index (χ0v) is 11.4. The van der Waals surface area contributed by atoms with Crippen molar-refractivity contribution in [2.45, 2.75) is 11.7 Å². The van der Waals surface area contributed by atoms with Gasteiger partial charge in [0, 0.05) is 23.6 Å². The number of nitro benzene ring substituents is 1. The van der Waals surface area contributed by atoms with Crippen LogP contribution in [-0.4, -0.2) is 31.0 Å². The predicted molar refractivity (Wildman–Crippen MR) is 68.6 cm³/mol. The number of anilines is 1. The number of hydrogen-bond acceptors (Lipinski definition) is 5. The van der Waals surface area contributed by atoms with Crippen LogP contribution in [0.3, 0.4) is 0 Å². The largest absolute Gasteiger partial charge is 0.305 e. The third-order valence-electron chi connectivity index (χ3n) is 2.91. The number of nitrogens with zero attached hydrogens (tertiary/aromatic N) is 2. The third-order valence-corrected chi connectivity index (χ3v) is 4.78. The average Bonchev–Trinajstić information content (AvgIpc) is 2.71. The number of benzene rings is 1. The van der Waals surface area contributed by atoms with Crippen molar-refractivity contribution in [2.75, 3.05) is 11.4 Å². The quantitative estimate of drug-likeness (QED) is 0.476. The summed E-state index contributed by atoms with van der Waals surface area (Å²) in [4.78, 5) is 22.7. The maximum atomic E-state index is 13.0. The maximum Gasteiger partial charge on any atom is 0.295 e. The van der Waals surface area contributed by atoms with E-state index in [-0.39, 0.29) is 18.7 Å². The summed E-state index contributed by atoms with van der Waals surface area (Å²) in [5.41, 5.74) is -0.754. The molecule has 0 spiro atoms. The van der Waals surface area contributed by atoms with Crippen LogP contribution < -0.4 is 4.90 Å². The minimum atomic E-state index is -3.95. The third kappa shape index (κ3) is 2.73. The van der Waals surface area contributed by atoms with Crippen LogP contribution in [-0.2, 0) is 13.8 Å². The molecule has 0 bridgehead atoms. The molecule has 1 aromatic rings. The van der Waals surface area contributed by atoms with Gasteiger partial charge in [-0.3, -0.25) is 14.9 Å². The van der Waals surface area contributed by atoms with Crippen molar-refractivity contribution in [2.24, 2.45) is 0 Å². The molecule has 0 saturated carbocycles. The summed E-state index contributed by atoms with van der Waals surface area (Å²) in [5, 5.41) is 9.73. The highest BCUT2D eigenvalue weighted by Gasteiger charge is 2.40. The molecule has 1 heterocycles. The number of amides is 1. The maximum absolute atomic E-state index is 13.0. The van der Waals surface area contributed by atoms with E-state index in [2.05, 4.69) is 0 Å².